The Morgan fingerprint density at radius 2 is 2.15 bits per heavy atom. The summed E-state index contributed by atoms with van der Waals surface area (Å²) in [6.45, 7) is 2.27. The van der Waals surface area contributed by atoms with E-state index in [-0.39, 0.29) is 29.6 Å². The minimum Gasteiger partial charge on any atom is -0.344 e. The van der Waals surface area contributed by atoms with Crippen molar-refractivity contribution in [2.45, 2.75) is 38.1 Å². The fraction of sp³-hybridized carbons (Fsp3) is 0.579. The van der Waals surface area contributed by atoms with Crippen molar-refractivity contribution in [1.82, 2.24) is 10.6 Å². The Kier molecular flexibility index (Phi) is 5.80. The van der Waals surface area contributed by atoms with Gasteiger partial charge in [0.05, 0.1) is 5.41 Å². The lowest BCUT2D eigenvalue weighted by Gasteiger charge is -2.37. The minimum atomic E-state index is -0.427. The summed E-state index contributed by atoms with van der Waals surface area (Å²) in [7, 11) is 0. The molecule has 2 aliphatic heterocycles. The van der Waals surface area contributed by atoms with Gasteiger partial charge in [-0.25, -0.2) is 0 Å². The van der Waals surface area contributed by atoms with Gasteiger partial charge in [0, 0.05) is 23.8 Å². The summed E-state index contributed by atoms with van der Waals surface area (Å²) in [5.74, 6) is 0.431. The van der Waals surface area contributed by atoms with E-state index in [1.165, 1.54) is 6.42 Å². The van der Waals surface area contributed by atoms with Gasteiger partial charge in [-0.15, -0.1) is 12.4 Å². The van der Waals surface area contributed by atoms with Crippen LogP contribution >= 0.6 is 24.0 Å². The zero-order valence-electron chi connectivity index (χ0n) is 14.7. The summed E-state index contributed by atoms with van der Waals surface area (Å²) in [5.41, 5.74) is 0.479. The smallest absolute Gasteiger partial charge is 0.249 e. The van der Waals surface area contributed by atoms with Crippen LogP contribution in [-0.2, 0) is 9.59 Å². The van der Waals surface area contributed by atoms with Crippen LogP contribution in [0.1, 0.15) is 32.1 Å². The maximum absolute atomic E-state index is 13.1. The highest BCUT2D eigenvalue weighted by atomic mass is 35.5. The Hall–Kier alpha value is -1.30. The molecule has 1 unspecified atom stereocenters. The summed E-state index contributed by atoms with van der Waals surface area (Å²) in [5, 5.41) is 7.07. The first kappa shape index (κ1) is 19.5. The van der Waals surface area contributed by atoms with Crippen LogP contribution in [0.25, 0.3) is 0 Å². The van der Waals surface area contributed by atoms with Crippen LogP contribution in [0.2, 0.25) is 5.02 Å². The molecule has 0 spiro atoms. The Morgan fingerprint density at radius 1 is 1.31 bits per heavy atom. The maximum Gasteiger partial charge on any atom is 0.249 e. The molecule has 2 amide bonds. The lowest BCUT2D eigenvalue weighted by molar-refractivity contribution is -0.136. The third-order valence-electron chi connectivity index (χ3n) is 6.12. The van der Waals surface area contributed by atoms with E-state index in [9.17, 15) is 9.59 Å². The van der Waals surface area contributed by atoms with Gasteiger partial charge in [-0.1, -0.05) is 30.5 Å². The summed E-state index contributed by atoms with van der Waals surface area (Å²) >= 11 is 6.04. The molecule has 3 fully saturated rings. The van der Waals surface area contributed by atoms with Gasteiger partial charge in [-0.3, -0.25) is 9.59 Å². The molecule has 26 heavy (non-hydrogen) atoms. The summed E-state index contributed by atoms with van der Waals surface area (Å²) in [6, 6.07) is 6.88. The molecule has 0 aromatic heterocycles. The molecule has 5 nitrogen and oxygen atoms in total. The summed E-state index contributed by atoms with van der Waals surface area (Å²) < 4.78 is 0. The fourth-order valence-corrected chi connectivity index (χ4v) is 4.89. The summed E-state index contributed by atoms with van der Waals surface area (Å²) in [6.07, 6.45) is 4.97. The number of carbonyl (C=O) groups excluding carboxylic acids is 2. The number of rotatable bonds is 3. The summed E-state index contributed by atoms with van der Waals surface area (Å²) in [4.78, 5) is 27.6. The molecular weight excluding hydrogens is 373 g/mol. The van der Waals surface area contributed by atoms with Crippen LogP contribution in [0.5, 0.6) is 0 Å². The Balaban J connectivity index is 0.00000196. The van der Waals surface area contributed by atoms with Gasteiger partial charge in [-0.2, -0.15) is 0 Å². The van der Waals surface area contributed by atoms with E-state index in [1.54, 1.807) is 17.0 Å². The van der Waals surface area contributed by atoms with Crippen LogP contribution in [0, 0.1) is 11.3 Å². The first-order chi connectivity index (χ1) is 12.1. The van der Waals surface area contributed by atoms with E-state index in [0.717, 1.165) is 38.0 Å². The van der Waals surface area contributed by atoms with Crippen LogP contribution in [0.15, 0.2) is 24.3 Å². The average molecular weight is 398 g/mol. The molecule has 1 aromatic rings. The van der Waals surface area contributed by atoms with Gasteiger partial charge in [0.15, 0.2) is 0 Å². The predicted molar refractivity (Wildman–Crippen MR) is 105 cm³/mol. The molecular formula is C19H25Cl2N3O2. The van der Waals surface area contributed by atoms with Crippen molar-refractivity contribution in [1.29, 1.82) is 0 Å². The molecule has 2 N–H and O–H groups in total. The van der Waals surface area contributed by atoms with Crippen molar-refractivity contribution in [3.63, 3.8) is 0 Å². The minimum absolute atomic E-state index is 0. The van der Waals surface area contributed by atoms with Gasteiger partial charge in [0.1, 0.15) is 6.04 Å². The van der Waals surface area contributed by atoms with Gasteiger partial charge in [-0.05, 0) is 49.9 Å². The molecule has 0 radical (unpaired) electrons. The highest BCUT2D eigenvalue weighted by molar-refractivity contribution is 6.31. The Bertz CT molecular complexity index is 699. The molecule has 0 bridgehead atoms. The zero-order chi connectivity index (χ0) is 17.4. The average Bonchev–Trinajstić information content (AvgIpc) is 3.20. The fourth-order valence-electron chi connectivity index (χ4n) is 4.71. The first-order valence-corrected chi connectivity index (χ1v) is 9.56. The topological polar surface area (TPSA) is 61.4 Å². The third kappa shape index (κ3) is 3.32. The molecule has 1 aliphatic carbocycles. The second kappa shape index (κ2) is 7.75. The largest absolute Gasteiger partial charge is 0.344 e. The van der Waals surface area contributed by atoms with Crippen LogP contribution < -0.4 is 15.5 Å². The second-order valence-electron chi connectivity index (χ2n) is 7.51. The van der Waals surface area contributed by atoms with E-state index in [0.29, 0.717) is 23.9 Å². The number of hydrogen-bond donors (Lipinski definition) is 2. The monoisotopic (exact) mass is 397 g/mol. The van der Waals surface area contributed by atoms with Crippen LogP contribution in [0.3, 0.4) is 0 Å². The second-order valence-corrected chi connectivity index (χ2v) is 7.95. The van der Waals surface area contributed by atoms with Gasteiger partial charge >= 0.3 is 0 Å². The molecule has 7 heteroatoms. The van der Waals surface area contributed by atoms with Crippen LogP contribution in [-0.4, -0.2) is 37.5 Å². The van der Waals surface area contributed by atoms with Gasteiger partial charge in [0.25, 0.3) is 0 Å². The lowest BCUT2D eigenvalue weighted by Crippen LogP contribution is -2.52. The predicted octanol–water partition coefficient (Wildman–Crippen LogP) is 2.76. The number of amides is 2. The molecule has 4 rings (SSSR count). The molecule has 3 aliphatic rings. The lowest BCUT2D eigenvalue weighted by atomic mass is 9.67. The van der Waals surface area contributed by atoms with Crippen molar-refractivity contribution < 1.29 is 9.59 Å². The highest BCUT2D eigenvalue weighted by Gasteiger charge is 2.51. The molecule has 3 atom stereocenters. The first-order valence-electron chi connectivity index (χ1n) is 9.19. The number of fused-ring (bicyclic) bond motifs is 1. The number of nitrogens with one attached hydrogen (secondary N) is 2. The number of hydrogen-bond acceptors (Lipinski definition) is 3. The van der Waals surface area contributed by atoms with E-state index < -0.39 is 6.04 Å². The molecule has 142 valence electrons. The maximum atomic E-state index is 13.1. The molecule has 1 aromatic carbocycles. The number of benzene rings is 1. The van der Waals surface area contributed by atoms with E-state index in [4.69, 9.17) is 11.6 Å². The number of carbonyl (C=O) groups is 2. The van der Waals surface area contributed by atoms with Crippen molar-refractivity contribution >= 4 is 41.5 Å². The van der Waals surface area contributed by atoms with Gasteiger partial charge in [0.2, 0.25) is 11.8 Å². The Morgan fingerprint density at radius 3 is 2.96 bits per heavy atom. The zero-order valence-corrected chi connectivity index (χ0v) is 16.2. The number of anilines is 1. The van der Waals surface area contributed by atoms with Gasteiger partial charge < -0.3 is 15.5 Å². The number of nitrogens with zero attached hydrogens (tertiary/aromatic N) is 1. The number of halogens is 2. The SMILES string of the molecule is Cl.O=C1C(NC(=O)[C@@]23CCCC[C@H]2CNC3)CCN1c1cccc(Cl)c1. The van der Waals surface area contributed by atoms with Crippen molar-refractivity contribution in [2.24, 2.45) is 11.3 Å². The normalized spacial score (nSPS) is 30.7. The highest BCUT2D eigenvalue weighted by Crippen LogP contribution is 2.44. The quantitative estimate of drug-likeness (QED) is 0.823. The van der Waals surface area contributed by atoms with Crippen molar-refractivity contribution in [3.8, 4) is 0 Å². The Labute approximate surface area is 165 Å². The van der Waals surface area contributed by atoms with Crippen molar-refractivity contribution in [2.75, 3.05) is 24.5 Å². The van der Waals surface area contributed by atoms with Crippen molar-refractivity contribution in [3.05, 3.63) is 29.3 Å². The van der Waals surface area contributed by atoms with E-state index >= 15 is 0 Å². The molecule has 2 heterocycles. The molecule has 2 saturated heterocycles. The van der Waals surface area contributed by atoms with E-state index in [1.807, 2.05) is 12.1 Å². The van der Waals surface area contributed by atoms with E-state index in [2.05, 4.69) is 10.6 Å². The molecule has 1 saturated carbocycles. The van der Waals surface area contributed by atoms with Crippen LogP contribution in [0.4, 0.5) is 5.69 Å². The standard InChI is InChI=1S/C19H24ClN3O2.ClH/c20-14-5-3-6-15(10-14)23-9-7-16(17(23)24)22-18(25)19-8-2-1-4-13(19)11-21-12-19;/h3,5-6,10,13,16,21H,1-2,4,7-9,11-12H2,(H,22,25);1H/t13-,16?,19+;/m0./s1. The third-order valence-corrected chi connectivity index (χ3v) is 6.36.